The van der Waals surface area contributed by atoms with E-state index < -0.39 is 5.82 Å². The minimum Gasteiger partial charge on any atom is -0.272 e. The zero-order chi connectivity index (χ0) is 15.1. The van der Waals surface area contributed by atoms with E-state index in [1.807, 2.05) is 20.9 Å². The predicted molar refractivity (Wildman–Crippen MR) is 77.7 cm³/mol. The SMILES string of the molecule is Cc1nn(C)c(C)c1C1=NN(c2ccccc2F)C(=O)C1. The summed E-state index contributed by atoms with van der Waals surface area (Å²) in [4.78, 5) is 12.2. The Morgan fingerprint density at radius 3 is 2.57 bits per heavy atom. The third kappa shape index (κ3) is 2.12. The fourth-order valence-electron chi connectivity index (χ4n) is 2.57. The Bertz CT molecular complexity index is 763. The van der Waals surface area contributed by atoms with E-state index in [-0.39, 0.29) is 18.0 Å². The maximum absolute atomic E-state index is 13.8. The van der Waals surface area contributed by atoms with Gasteiger partial charge < -0.3 is 0 Å². The van der Waals surface area contributed by atoms with Crippen molar-refractivity contribution in [1.82, 2.24) is 9.78 Å². The number of para-hydroxylation sites is 1. The largest absolute Gasteiger partial charge is 0.272 e. The second-order valence-electron chi connectivity index (χ2n) is 5.05. The Labute approximate surface area is 121 Å². The summed E-state index contributed by atoms with van der Waals surface area (Å²) in [6.45, 7) is 3.80. The van der Waals surface area contributed by atoms with Crippen LogP contribution in [0.5, 0.6) is 0 Å². The first-order valence-electron chi connectivity index (χ1n) is 6.64. The standard InChI is InChI=1S/C15H15FN4O/c1-9-15(10(2)19(3)17-9)12-8-14(21)20(18-12)13-7-5-4-6-11(13)16/h4-7H,8H2,1-3H3. The number of amides is 1. The predicted octanol–water partition coefficient (Wildman–Crippen LogP) is 2.32. The lowest BCUT2D eigenvalue weighted by atomic mass is 10.1. The zero-order valence-electron chi connectivity index (χ0n) is 12.1. The van der Waals surface area contributed by atoms with Gasteiger partial charge in [-0.15, -0.1) is 0 Å². The molecule has 0 unspecified atom stereocenters. The molecule has 1 aromatic heterocycles. The molecule has 0 N–H and O–H groups in total. The van der Waals surface area contributed by atoms with Crippen LogP contribution >= 0.6 is 0 Å². The third-order valence-electron chi connectivity index (χ3n) is 3.65. The number of halogens is 1. The number of hydrogen-bond donors (Lipinski definition) is 0. The Kier molecular flexibility index (Phi) is 3.08. The summed E-state index contributed by atoms with van der Waals surface area (Å²) in [5, 5.41) is 9.78. The lowest BCUT2D eigenvalue weighted by molar-refractivity contribution is -0.116. The van der Waals surface area contributed by atoms with Crippen LogP contribution in [0.1, 0.15) is 23.4 Å². The third-order valence-corrected chi connectivity index (χ3v) is 3.65. The highest BCUT2D eigenvalue weighted by Gasteiger charge is 2.30. The van der Waals surface area contributed by atoms with Crippen LogP contribution in [-0.2, 0) is 11.8 Å². The molecule has 0 spiro atoms. The van der Waals surface area contributed by atoms with E-state index in [2.05, 4.69) is 10.2 Å². The summed E-state index contributed by atoms with van der Waals surface area (Å²) in [6, 6.07) is 6.12. The Hall–Kier alpha value is -2.50. The van der Waals surface area contributed by atoms with E-state index in [1.54, 1.807) is 22.9 Å². The van der Waals surface area contributed by atoms with E-state index in [0.29, 0.717) is 5.71 Å². The first kappa shape index (κ1) is 13.5. The molecule has 1 aliphatic heterocycles. The molecule has 0 saturated carbocycles. The maximum Gasteiger partial charge on any atom is 0.253 e. The molecule has 0 atom stereocenters. The van der Waals surface area contributed by atoms with E-state index in [1.165, 1.54) is 6.07 Å². The van der Waals surface area contributed by atoms with Crippen molar-refractivity contribution in [1.29, 1.82) is 0 Å². The van der Waals surface area contributed by atoms with Gasteiger partial charge in [0.2, 0.25) is 0 Å². The lowest BCUT2D eigenvalue weighted by Gasteiger charge is -2.11. The monoisotopic (exact) mass is 286 g/mol. The number of hydrogen-bond acceptors (Lipinski definition) is 3. The van der Waals surface area contributed by atoms with E-state index >= 15 is 0 Å². The normalized spacial score (nSPS) is 14.8. The van der Waals surface area contributed by atoms with Gasteiger partial charge in [0.15, 0.2) is 0 Å². The van der Waals surface area contributed by atoms with E-state index in [9.17, 15) is 9.18 Å². The number of benzene rings is 1. The van der Waals surface area contributed by atoms with Gasteiger partial charge in [-0.25, -0.2) is 4.39 Å². The number of aryl methyl sites for hydroxylation is 2. The molecule has 1 amide bonds. The first-order valence-corrected chi connectivity index (χ1v) is 6.64. The summed E-state index contributed by atoms with van der Waals surface area (Å²) in [7, 11) is 1.85. The average molecular weight is 286 g/mol. The number of hydrazone groups is 1. The molecule has 2 heterocycles. The highest BCUT2D eigenvalue weighted by molar-refractivity contribution is 6.20. The Balaban J connectivity index is 2.06. The summed E-state index contributed by atoms with van der Waals surface area (Å²) in [5.74, 6) is -0.701. The summed E-state index contributed by atoms with van der Waals surface area (Å²) < 4.78 is 15.6. The average Bonchev–Trinajstić information content (AvgIpc) is 2.91. The molecule has 0 fully saturated rings. The molecular weight excluding hydrogens is 271 g/mol. The van der Waals surface area contributed by atoms with Crippen molar-refractivity contribution in [2.45, 2.75) is 20.3 Å². The van der Waals surface area contributed by atoms with Crippen LogP contribution in [0.3, 0.4) is 0 Å². The van der Waals surface area contributed by atoms with Crippen molar-refractivity contribution < 1.29 is 9.18 Å². The second-order valence-corrected chi connectivity index (χ2v) is 5.05. The first-order chi connectivity index (χ1) is 9.99. The van der Waals surface area contributed by atoms with Crippen LogP contribution in [-0.4, -0.2) is 21.4 Å². The van der Waals surface area contributed by atoms with Gasteiger partial charge in [-0.3, -0.25) is 9.48 Å². The number of anilines is 1. The van der Waals surface area contributed by atoms with Gasteiger partial charge in [-0.05, 0) is 26.0 Å². The van der Waals surface area contributed by atoms with Gasteiger partial charge in [0.25, 0.3) is 5.91 Å². The van der Waals surface area contributed by atoms with Crippen molar-refractivity contribution in [2.75, 3.05) is 5.01 Å². The topological polar surface area (TPSA) is 50.5 Å². The molecule has 6 heteroatoms. The Morgan fingerprint density at radius 2 is 1.95 bits per heavy atom. The number of carbonyl (C=O) groups excluding carboxylic acids is 1. The molecule has 3 rings (SSSR count). The number of carbonyl (C=O) groups is 1. The van der Waals surface area contributed by atoms with Crippen molar-refractivity contribution in [3.05, 3.63) is 47.0 Å². The van der Waals surface area contributed by atoms with Crippen LogP contribution in [0.4, 0.5) is 10.1 Å². The quantitative estimate of drug-likeness (QED) is 0.850. The molecule has 0 aliphatic carbocycles. The zero-order valence-corrected chi connectivity index (χ0v) is 12.1. The van der Waals surface area contributed by atoms with Crippen LogP contribution in [0.2, 0.25) is 0 Å². The molecule has 21 heavy (non-hydrogen) atoms. The molecular formula is C15H15FN4O. The summed E-state index contributed by atoms with van der Waals surface area (Å²) >= 11 is 0. The minimum absolute atomic E-state index is 0.154. The maximum atomic E-state index is 13.8. The van der Waals surface area contributed by atoms with Gasteiger partial charge in [0.05, 0.1) is 17.8 Å². The van der Waals surface area contributed by atoms with Crippen LogP contribution < -0.4 is 5.01 Å². The van der Waals surface area contributed by atoms with E-state index in [0.717, 1.165) is 22.0 Å². The van der Waals surface area contributed by atoms with Crippen molar-refractivity contribution in [2.24, 2.45) is 12.1 Å². The number of nitrogens with zero attached hydrogens (tertiary/aromatic N) is 4. The van der Waals surface area contributed by atoms with Gasteiger partial charge in [-0.2, -0.15) is 15.2 Å². The Morgan fingerprint density at radius 1 is 1.24 bits per heavy atom. The van der Waals surface area contributed by atoms with Crippen molar-refractivity contribution in [3.63, 3.8) is 0 Å². The summed E-state index contributed by atoms with van der Waals surface area (Å²) in [6.07, 6.45) is 0.154. The van der Waals surface area contributed by atoms with Crippen LogP contribution in [0, 0.1) is 19.7 Å². The van der Waals surface area contributed by atoms with Gasteiger partial charge in [0, 0.05) is 18.3 Å². The fraction of sp³-hybridized carbons (Fsp3) is 0.267. The molecule has 5 nitrogen and oxygen atoms in total. The molecule has 0 saturated heterocycles. The molecule has 2 aromatic rings. The number of aromatic nitrogens is 2. The van der Waals surface area contributed by atoms with Crippen molar-refractivity contribution in [3.8, 4) is 0 Å². The van der Waals surface area contributed by atoms with Crippen molar-refractivity contribution >= 4 is 17.3 Å². The van der Waals surface area contributed by atoms with Crippen LogP contribution in [0.25, 0.3) is 0 Å². The highest BCUT2D eigenvalue weighted by Crippen LogP contribution is 2.27. The van der Waals surface area contributed by atoms with Crippen LogP contribution in [0.15, 0.2) is 29.4 Å². The lowest BCUT2D eigenvalue weighted by Crippen LogP contribution is -2.20. The molecule has 1 aliphatic rings. The molecule has 1 aromatic carbocycles. The second kappa shape index (κ2) is 4.80. The van der Waals surface area contributed by atoms with Gasteiger partial charge >= 0.3 is 0 Å². The fourth-order valence-corrected chi connectivity index (χ4v) is 2.57. The number of rotatable bonds is 2. The van der Waals surface area contributed by atoms with Gasteiger partial charge in [-0.1, -0.05) is 12.1 Å². The molecule has 108 valence electrons. The molecule has 0 bridgehead atoms. The highest BCUT2D eigenvalue weighted by atomic mass is 19.1. The summed E-state index contributed by atoms with van der Waals surface area (Å²) in [5.41, 5.74) is 3.43. The minimum atomic E-state index is -0.463. The molecule has 0 radical (unpaired) electrons. The smallest absolute Gasteiger partial charge is 0.253 e. The van der Waals surface area contributed by atoms with E-state index in [4.69, 9.17) is 0 Å². The van der Waals surface area contributed by atoms with Gasteiger partial charge in [0.1, 0.15) is 11.5 Å².